The molecule has 17 heteroatoms. The van der Waals surface area contributed by atoms with Gasteiger partial charge in [0.05, 0.1) is 45.1 Å². The van der Waals surface area contributed by atoms with Gasteiger partial charge in [0.2, 0.25) is 17.8 Å². The maximum Gasteiger partial charge on any atom is 1.00 e. The van der Waals surface area contributed by atoms with E-state index in [9.17, 15) is 14.8 Å². The van der Waals surface area contributed by atoms with Crippen LogP contribution in [0.15, 0.2) is 119 Å². The Morgan fingerprint density at radius 3 is 1.63 bits per heavy atom. The Morgan fingerprint density at radius 1 is 0.654 bits per heavy atom. The molecular formula is C35H25N10NaO5S. The summed E-state index contributed by atoms with van der Waals surface area (Å²) in [6, 6.07) is 31.4. The van der Waals surface area contributed by atoms with E-state index in [-0.39, 0.29) is 91.7 Å². The molecule has 0 radical (unpaired) electrons. The number of fused-ring (bicyclic) bond motifs is 2. The van der Waals surface area contributed by atoms with Crippen molar-refractivity contribution in [2.75, 3.05) is 27.0 Å². The topological polar surface area (TPSA) is 225 Å². The van der Waals surface area contributed by atoms with Crippen molar-refractivity contribution in [2.24, 2.45) is 5.11 Å². The number of carbonyl (C=O) groups excluding carboxylic acids is 2. The number of nitrogens with one attached hydrogen (secondary N) is 5. The zero-order chi connectivity index (χ0) is 35.3. The number of hydrogen-bond acceptors (Lipinski definition) is 16. The van der Waals surface area contributed by atoms with Gasteiger partial charge in [-0.25, -0.2) is 5.53 Å². The van der Waals surface area contributed by atoms with Gasteiger partial charge in [-0.15, -0.1) is 0 Å². The fraction of sp³-hybridized carbons (Fsp3) is 0. The average molecular weight is 721 g/mol. The van der Waals surface area contributed by atoms with Gasteiger partial charge in [-0.3, -0.25) is 14.6 Å². The molecule has 0 atom stereocenters. The molecule has 0 fully saturated rings. The summed E-state index contributed by atoms with van der Waals surface area (Å²) in [6.07, 6.45) is 0. The van der Waals surface area contributed by atoms with Crippen molar-refractivity contribution >= 4 is 81.3 Å². The van der Waals surface area contributed by atoms with E-state index in [1.807, 2.05) is 30.3 Å². The summed E-state index contributed by atoms with van der Waals surface area (Å²) in [6.45, 7) is 0. The first-order valence-corrected chi connectivity index (χ1v) is 15.9. The summed E-state index contributed by atoms with van der Waals surface area (Å²) in [7, 11) is 0. The number of rotatable bonds is 12. The zero-order valence-electron chi connectivity index (χ0n) is 27.2. The van der Waals surface area contributed by atoms with Gasteiger partial charge in [0.25, 0.3) is 0 Å². The molecule has 0 unspecified atom stereocenters. The molecule has 0 spiro atoms. The molecule has 15 nitrogen and oxygen atoms in total. The van der Waals surface area contributed by atoms with Gasteiger partial charge in [-0.05, 0) is 66.7 Å². The second-order valence-corrected chi connectivity index (χ2v) is 11.7. The third-order valence-corrected chi connectivity index (χ3v) is 8.33. The molecule has 5 aromatic carbocycles. The van der Waals surface area contributed by atoms with E-state index in [0.29, 0.717) is 34.8 Å². The summed E-state index contributed by atoms with van der Waals surface area (Å²) in [5.74, 6) is -0.0350. The molecule has 0 aliphatic heterocycles. The standard InChI is InChI=1S/C35H26N10O5S.Na/c36-30-27(51-50-49-48)18-26(28-29(30)32(47)25-9-5-4-8-24(25)31(28)46)38-20-10-12-21(13-11-20)40-34-42-33(39-19-6-2-1-3-7-19)43-35(44-34)41-22-14-16-23(45-37)17-15-22;/h1-18,37-38,48H,36H2,(H3,39,40,41,42,43,44);/q;+1/p-1. The number of nitrogens with zero attached hydrogens (tertiary/aromatic N) is 4. The minimum atomic E-state index is -0.432. The molecule has 0 amide bonds. The van der Waals surface area contributed by atoms with Crippen LogP contribution in [0, 0.1) is 5.53 Å². The fourth-order valence-electron chi connectivity index (χ4n) is 5.38. The van der Waals surface area contributed by atoms with Crippen molar-refractivity contribution < 1.29 is 53.8 Å². The van der Waals surface area contributed by atoms with E-state index < -0.39 is 5.78 Å². The van der Waals surface area contributed by atoms with Crippen molar-refractivity contribution in [3.8, 4) is 0 Å². The molecule has 7 N–H and O–H groups in total. The Morgan fingerprint density at radius 2 is 1.12 bits per heavy atom. The van der Waals surface area contributed by atoms with Gasteiger partial charge in [0.1, 0.15) is 0 Å². The number of ketones is 2. The molecule has 0 bridgehead atoms. The molecule has 7 rings (SSSR count). The van der Waals surface area contributed by atoms with Crippen molar-refractivity contribution in [3.63, 3.8) is 0 Å². The molecule has 6 aromatic rings. The van der Waals surface area contributed by atoms with Crippen LogP contribution in [-0.4, -0.2) is 26.5 Å². The van der Waals surface area contributed by atoms with Crippen LogP contribution in [0.5, 0.6) is 0 Å². The summed E-state index contributed by atoms with van der Waals surface area (Å²) >= 11 is 0.523. The van der Waals surface area contributed by atoms with Gasteiger partial charge >= 0.3 is 29.6 Å². The number of carbonyl (C=O) groups is 2. The quantitative estimate of drug-likeness (QED) is 0.0261. The van der Waals surface area contributed by atoms with Crippen molar-refractivity contribution in [1.82, 2.24) is 15.0 Å². The SMILES string of the molecule is N=Nc1ccc(Nc2nc(Nc3ccccc3)nc(Nc3ccc(Nc4cc(SOO[O-])c(N)c5c4C(=O)c4ccccc4C5=O)cc3)n2)cc1.[Na+]. The van der Waals surface area contributed by atoms with Crippen LogP contribution in [0.25, 0.3) is 0 Å². The van der Waals surface area contributed by atoms with E-state index in [4.69, 9.17) is 11.3 Å². The van der Waals surface area contributed by atoms with Gasteiger partial charge in [0, 0.05) is 33.9 Å². The Hall–Kier alpha value is -5.72. The number of anilines is 9. The van der Waals surface area contributed by atoms with Crippen LogP contribution in [0.3, 0.4) is 0 Å². The number of nitrogens with two attached hydrogens (primary N) is 1. The second-order valence-electron chi connectivity index (χ2n) is 10.9. The predicted molar refractivity (Wildman–Crippen MR) is 189 cm³/mol. The Bertz CT molecular complexity index is 2280. The van der Waals surface area contributed by atoms with E-state index in [1.54, 1.807) is 72.8 Å². The van der Waals surface area contributed by atoms with Crippen molar-refractivity contribution in [3.05, 3.63) is 131 Å². The smallest absolute Gasteiger partial charge is 0.691 e. The first-order chi connectivity index (χ1) is 24.9. The van der Waals surface area contributed by atoms with Gasteiger partial charge in [-0.2, -0.15) is 24.4 Å². The first kappa shape index (κ1) is 36.1. The Kier molecular flexibility index (Phi) is 11.2. The largest absolute Gasteiger partial charge is 1.00 e. The molecule has 52 heavy (non-hydrogen) atoms. The van der Waals surface area contributed by atoms with Gasteiger partial charge in [-0.1, -0.05) is 42.5 Å². The van der Waals surface area contributed by atoms with Gasteiger partial charge < -0.3 is 32.3 Å². The average Bonchev–Trinajstić information content (AvgIpc) is 3.15. The van der Waals surface area contributed by atoms with E-state index in [1.165, 1.54) is 6.07 Å². The molecule has 1 aromatic heterocycles. The molecule has 1 aliphatic rings. The Balaban J connectivity index is 0.00000464. The van der Waals surface area contributed by atoms with Crippen LogP contribution in [0.2, 0.25) is 0 Å². The fourth-order valence-corrected chi connectivity index (χ4v) is 5.83. The van der Waals surface area contributed by atoms with Crippen LogP contribution in [0.4, 0.5) is 57.7 Å². The third-order valence-electron chi connectivity index (χ3n) is 7.69. The molecule has 0 saturated heterocycles. The summed E-state index contributed by atoms with van der Waals surface area (Å²) in [5, 5.41) is 30.2. The van der Waals surface area contributed by atoms with Crippen LogP contribution in [-0.2, 0) is 9.37 Å². The van der Waals surface area contributed by atoms with Crippen molar-refractivity contribution in [1.29, 1.82) is 5.53 Å². The Labute approximate surface area is 322 Å². The number of para-hydroxylation sites is 1. The van der Waals surface area contributed by atoms with E-state index in [2.05, 4.69) is 50.7 Å². The molecule has 1 aliphatic carbocycles. The third kappa shape index (κ3) is 7.78. The first-order valence-electron chi connectivity index (χ1n) is 15.1. The minimum Gasteiger partial charge on any atom is -0.691 e. The van der Waals surface area contributed by atoms with E-state index in [0.717, 1.165) is 5.69 Å². The normalized spacial score (nSPS) is 11.5. The number of aromatic nitrogens is 3. The van der Waals surface area contributed by atoms with E-state index >= 15 is 0 Å². The number of benzene rings is 5. The summed E-state index contributed by atoms with van der Waals surface area (Å²) in [4.78, 5) is 41.0. The number of nitrogen functional groups attached to an aromatic ring is 1. The maximum absolute atomic E-state index is 13.7. The molecule has 0 saturated carbocycles. The van der Waals surface area contributed by atoms with Crippen LogP contribution in [0.1, 0.15) is 31.8 Å². The summed E-state index contributed by atoms with van der Waals surface area (Å²) < 4.78 is 4.51. The van der Waals surface area contributed by atoms with Crippen LogP contribution < -0.4 is 61.8 Å². The molecule has 1 heterocycles. The second kappa shape index (κ2) is 16.1. The summed E-state index contributed by atoms with van der Waals surface area (Å²) in [5.41, 5.74) is 17.5. The zero-order valence-corrected chi connectivity index (χ0v) is 30.0. The molecule has 252 valence electrons. The molecular weight excluding hydrogens is 696 g/mol. The predicted octanol–water partition coefficient (Wildman–Crippen LogP) is 4.10. The minimum absolute atomic E-state index is 0. The van der Waals surface area contributed by atoms with Crippen LogP contribution >= 0.6 is 12.0 Å². The van der Waals surface area contributed by atoms with Crippen molar-refractivity contribution in [2.45, 2.75) is 4.90 Å². The maximum atomic E-state index is 13.7. The van der Waals surface area contributed by atoms with Gasteiger partial charge in [0.15, 0.2) is 11.6 Å². The number of hydrogen-bond donors (Lipinski definition) is 6. The monoisotopic (exact) mass is 720 g/mol.